The average Bonchev–Trinajstić information content (AvgIpc) is 3.64. The smallest absolute Gasteiger partial charge is 0.231 e. The number of carbonyl (C=O) groups is 1. The van der Waals surface area contributed by atoms with Crippen LogP contribution < -0.4 is 14.2 Å². The third-order valence-electron chi connectivity index (χ3n) is 5.91. The molecule has 1 heterocycles. The summed E-state index contributed by atoms with van der Waals surface area (Å²) in [6, 6.07) is 13.5. The number of hydrogen-bond acceptors (Lipinski definition) is 9. The van der Waals surface area contributed by atoms with Gasteiger partial charge < -0.3 is 28.1 Å². The molecule has 3 aromatic rings. The van der Waals surface area contributed by atoms with Crippen LogP contribution in [0.5, 0.6) is 17.2 Å². The van der Waals surface area contributed by atoms with Crippen molar-refractivity contribution in [2.24, 2.45) is 5.92 Å². The molecule has 0 bridgehead atoms. The Hall–Kier alpha value is -4.11. The monoisotopic (exact) mass is 492 g/mol. The van der Waals surface area contributed by atoms with Crippen LogP contribution in [0.2, 0.25) is 0 Å². The molecule has 36 heavy (non-hydrogen) atoms. The molecule has 0 radical (unpaired) electrons. The van der Waals surface area contributed by atoms with E-state index in [0.29, 0.717) is 39.7 Å². The quantitative estimate of drug-likeness (QED) is 0.224. The number of hydrogen-bond donors (Lipinski definition) is 2. The Kier molecular flexibility index (Phi) is 7.40. The fourth-order valence-electron chi connectivity index (χ4n) is 3.78. The lowest BCUT2D eigenvalue weighted by atomic mass is 10.0. The molecule has 1 fully saturated rings. The van der Waals surface area contributed by atoms with Gasteiger partial charge >= 0.3 is 0 Å². The van der Waals surface area contributed by atoms with Crippen molar-refractivity contribution >= 4 is 17.6 Å². The summed E-state index contributed by atoms with van der Waals surface area (Å²) in [4.78, 5) is 13.2. The largest absolute Gasteiger partial charge is 0.493 e. The molecule has 2 aromatic carbocycles. The van der Waals surface area contributed by atoms with E-state index in [4.69, 9.17) is 38.9 Å². The van der Waals surface area contributed by atoms with E-state index in [1.54, 1.807) is 48.5 Å². The highest BCUT2D eigenvalue weighted by Crippen LogP contribution is 2.41. The van der Waals surface area contributed by atoms with Crippen molar-refractivity contribution in [1.82, 2.24) is 0 Å². The van der Waals surface area contributed by atoms with E-state index in [9.17, 15) is 4.79 Å². The first-order chi connectivity index (χ1) is 17.4. The predicted molar refractivity (Wildman–Crippen MR) is 133 cm³/mol. The highest BCUT2D eigenvalue weighted by Gasteiger charge is 2.29. The van der Waals surface area contributed by atoms with E-state index in [1.807, 2.05) is 0 Å². The highest BCUT2D eigenvalue weighted by molar-refractivity contribution is 6.01. The Bertz CT molecular complexity index is 1250. The van der Waals surface area contributed by atoms with E-state index in [1.165, 1.54) is 28.4 Å². The zero-order chi connectivity index (χ0) is 25.8. The Morgan fingerprint density at radius 2 is 1.56 bits per heavy atom. The van der Waals surface area contributed by atoms with Crippen LogP contribution in [0.1, 0.15) is 40.6 Å². The van der Waals surface area contributed by atoms with E-state index >= 15 is 0 Å². The van der Waals surface area contributed by atoms with Crippen molar-refractivity contribution in [1.29, 1.82) is 10.8 Å². The molecular weight excluding hydrogens is 464 g/mol. The number of carbonyl (C=O) groups excluding carboxylic acids is 1. The molecule has 188 valence electrons. The molecule has 0 spiro atoms. The molecule has 4 rings (SSSR count). The molecular formula is C27H28N2O7. The van der Waals surface area contributed by atoms with Crippen molar-refractivity contribution in [2.45, 2.75) is 18.9 Å². The van der Waals surface area contributed by atoms with Gasteiger partial charge in [0.25, 0.3) is 0 Å². The third-order valence-corrected chi connectivity index (χ3v) is 5.91. The van der Waals surface area contributed by atoms with Crippen LogP contribution in [-0.2, 0) is 9.47 Å². The van der Waals surface area contributed by atoms with Gasteiger partial charge in [0.1, 0.15) is 11.9 Å². The fourth-order valence-corrected chi connectivity index (χ4v) is 3.78. The Morgan fingerprint density at radius 3 is 2.08 bits per heavy atom. The molecule has 1 aliphatic rings. The summed E-state index contributed by atoms with van der Waals surface area (Å²) in [6.07, 6.45) is 0.950. The number of methoxy groups -OCH3 is 4. The number of furan rings is 1. The number of ether oxygens (including phenoxy) is 5. The average molecular weight is 493 g/mol. The minimum atomic E-state index is -0.905. The van der Waals surface area contributed by atoms with Crippen LogP contribution in [0.4, 0.5) is 0 Å². The molecule has 1 unspecified atom stereocenters. The molecule has 1 aliphatic carbocycles. The summed E-state index contributed by atoms with van der Waals surface area (Å²) in [7, 11) is 6.02. The maximum atomic E-state index is 13.2. The summed E-state index contributed by atoms with van der Waals surface area (Å²) in [6.45, 7) is 0. The van der Waals surface area contributed by atoms with Crippen LogP contribution >= 0.6 is 0 Å². The van der Waals surface area contributed by atoms with Crippen molar-refractivity contribution in [3.05, 3.63) is 65.4 Å². The maximum Gasteiger partial charge on any atom is 0.231 e. The van der Waals surface area contributed by atoms with Gasteiger partial charge in [-0.3, -0.25) is 15.6 Å². The van der Waals surface area contributed by atoms with Crippen molar-refractivity contribution in [2.75, 3.05) is 28.4 Å². The molecule has 9 nitrogen and oxygen atoms in total. The minimum absolute atomic E-state index is 0.0974. The molecule has 1 aromatic heterocycles. The summed E-state index contributed by atoms with van der Waals surface area (Å²) < 4.78 is 32.9. The normalized spacial score (nSPS) is 13.6. The van der Waals surface area contributed by atoms with E-state index in [0.717, 1.165) is 12.8 Å². The molecule has 2 N–H and O–H groups in total. The van der Waals surface area contributed by atoms with E-state index in [2.05, 4.69) is 0 Å². The van der Waals surface area contributed by atoms with Crippen molar-refractivity contribution in [3.8, 4) is 28.6 Å². The second kappa shape index (κ2) is 10.7. The van der Waals surface area contributed by atoms with Gasteiger partial charge in [0, 0.05) is 24.2 Å². The Labute approximate surface area is 208 Å². The lowest BCUT2D eigenvalue weighted by molar-refractivity contribution is 0.0577. The van der Waals surface area contributed by atoms with E-state index in [-0.39, 0.29) is 29.3 Å². The number of Topliss-reactive ketones (excluding diaryl/α,β-unsaturated/α-hetero) is 1. The van der Waals surface area contributed by atoms with Crippen LogP contribution in [0.3, 0.4) is 0 Å². The number of rotatable bonds is 10. The fraction of sp³-hybridized carbons (Fsp3) is 0.296. The molecule has 1 atom stereocenters. The maximum absolute atomic E-state index is 13.2. The first kappa shape index (κ1) is 25.0. The second-order valence-corrected chi connectivity index (χ2v) is 8.25. The molecule has 0 amide bonds. The van der Waals surface area contributed by atoms with Gasteiger partial charge in [-0.1, -0.05) is 12.1 Å². The standard InChI is InChI=1S/C27H28N2O7/c1-31-21-13-18(14-22(32-2)25(21)34-4)19-11-12-20(35-19)23(30)24(33-3)15-5-7-16(8-6-15)26(28)36-27(29)17-9-10-17/h5-8,11-14,17,24,28-29H,9-10H2,1-4H3. The highest BCUT2D eigenvalue weighted by atomic mass is 16.5. The Morgan fingerprint density at radius 1 is 0.917 bits per heavy atom. The van der Waals surface area contributed by atoms with Crippen molar-refractivity contribution < 1.29 is 32.9 Å². The van der Waals surface area contributed by atoms with Gasteiger partial charge in [-0.05, 0) is 54.8 Å². The predicted octanol–water partition coefficient (Wildman–Crippen LogP) is 5.27. The third kappa shape index (κ3) is 5.11. The molecule has 9 heteroatoms. The van der Waals surface area contributed by atoms with Gasteiger partial charge in [-0.15, -0.1) is 0 Å². The lowest BCUT2D eigenvalue weighted by Gasteiger charge is -2.14. The molecule has 0 aliphatic heterocycles. The first-order valence-corrected chi connectivity index (χ1v) is 11.3. The summed E-state index contributed by atoms with van der Waals surface area (Å²) in [5.41, 5.74) is 1.76. The van der Waals surface area contributed by atoms with Gasteiger partial charge in [0.15, 0.2) is 23.2 Å². The first-order valence-electron chi connectivity index (χ1n) is 11.3. The Balaban J connectivity index is 1.53. The summed E-state index contributed by atoms with van der Waals surface area (Å²) in [5, 5.41) is 15.9. The van der Waals surface area contributed by atoms with Crippen LogP contribution in [0.25, 0.3) is 11.3 Å². The zero-order valence-electron chi connectivity index (χ0n) is 20.5. The molecule has 1 saturated carbocycles. The van der Waals surface area contributed by atoms with E-state index < -0.39 is 6.10 Å². The SMILES string of the molecule is COc1cc(-c2ccc(C(=O)C(OC)c3ccc(C(=N)OC(=N)C4CC4)cc3)o2)cc(OC)c1OC. The van der Waals surface area contributed by atoms with Crippen LogP contribution in [0.15, 0.2) is 52.9 Å². The number of ketones is 1. The topological polar surface area (TPSA) is 124 Å². The summed E-state index contributed by atoms with van der Waals surface area (Å²) in [5.74, 6) is 1.76. The van der Waals surface area contributed by atoms with Crippen LogP contribution in [0, 0.1) is 16.7 Å². The minimum Gasteiger partial charge on any atom is -0.493 e. The van der Waals surface area contributed by atoms with Gasteiger partial charge in [0.2, 0.25) is 17.4 Å². The molecule has 0 saturated heterocycles. The van der Waals surface area contributed by atoms with Gasteiger partial charge in [-0.2, -0.15) is 0 Å². The van der Waals surface area contributed by atoms with Crippen LogP contribution in [-0.4, -0.2) is 46.0 Å². The van der Waals surface area contributed by atoms with Gasteiger partial charge in [-0.25, -0.2) is 0 Å². The summed E-state index contributed by atoms with van der Waals surface area (Å²) >= 11 is 0. The van der Waals surface area contributed by atoms with Gasteiger partial charge in [0.05, 0.1) is 21.3 Å². The lowest BCUT2D eigenvalue weighted by Crippen LogP contribution is -2.16. The second-order valence-electron chi connectivity index (χ2n) is 8.25. The number of nitrogens with one attached hydrogen (secondary N) is 2. The zero-order valence-corrected chi connectivity index (χ0v) is 20.5. The number of benzene rings is 2. The van der Waals surface area contributed by atoms with Crippen molar-refractivity contribution in [3.63, 3.8) is 0 Å².